The molecule has 1 unspecified atom stereocenters. The highest BCUT2D eigenvalue weighted by atomic mass is 19.1. The quantitative estimate of drug-likeness (QED) is 0.883. The SMILES string of the molecule is COc1cccc(C(N)c2ccncc2)c1F. The first kappa shape index (κ1) is 11.5. The lowest BCUT2D eigenvalue weighted by Gasteiger charge is -2.14. The first-order valence-corrected chi connectivity index (χ1v) is 5.22. The third-order valence-electron chi connectivity index (χ3n) is 2.61. The van der Waals surface area contributed by atoms with Gasteiger partial charge in [-0.1, -0.05) is 12.1 Å². The molecule has 2 N–H and O–H groups in total. The van der Waals surface area contributed by atoms with Gasteiger partial charge in [0, 0.05) is 18.0 Å². The molecule has 0 fully saturated rings. The predicted molar refractivity (Wildman–Crippen MR) is 63.2 cm³/mol. The lowest BCUT2D eigenvalue weighted by Crippen LogP contribution is -2.14. The van der Waals surface area contributed by atoms with Crippen molar-refractivity contribution in [3.63, 3.8) is 0 Å². The highest BCUT2D eigenvalue weighted by Crippen LogP contribution is 2.27. The number of pyridine rings is 1. The Bertz CT molecular complexity index is 502. The van der Waals surface area contributed by atoms with E-state index < -0.39 is 11.9 Å². The van der Waals surface area contributed by atoms with Crippen molar-refractivity contribution in [1.29, 1.82) is 0 Å². The Balaban J connectivity index is 2.41. The molecule has 2 rings (SSSR count). The minimum absolute atomic E-state index is 0.201. The van der Waals surface area contributed by atoms with Crippen LogP contribution in [-0.4, -0.2) is 12.1 Å². The van der Waals surface area contributed by atoms with Gasteiger partial charge in [0.15, 0.2) is 11.6 Å². The smallest absolute Gasteiger partial charge is 0.170 e. The summed E-state index contributed by atoms with van der Waals surface area (Å²) in [6.45, 7) is 0. The molecule has 0 aliphatic rings. The van der Waals surface area contributed by atoms with Gasteiger partial charge in [0.2, 0.25) is 0 Å². The predicted octanol–water partition coefficient (Wildman–Crippen LogP) is 2.28. The van der Waals surface area contributed by atoms with Gasteiger partial charge in [0.1, 0.15) is 0 Å². The van der Waals surface area contributed by atoms with Gasteiger partial charge in [0.05, 0.1) is 13.2 Å². The van der Waals surface area contributed by atoms with Crippen LogP contribution in [0.2, 0.25) is 0 Å². The van der Waals surface area contributed by atoms with Crippen molar-refractivity contribution in [1.82, 2.24) is 4.98 Å². The van der Waals surface area contributed by atoms with Crippen molar-refractivity contribution in [2.24, 2.45) is 5.73 Å². The highest BCUT2D eigenvalue weighted by molar-refractivity contribution is 5.37. The van der Waals surface area contributed by atoms with Crippen LogP contribution in [0.3, 0.4) is 0 Å². The Morgan fingerprint density at radius 2 is 1.94 bits per heavy atom. The molecule has 0 saturated heterocycles. The van der Waals surface area contributed by atoms with Crippen LogP contribution in [0.15, 0.2) is 42.7 Å². The Morgan fingerprint density at radius 1 is 1.24 bits per heavy atom. The Morgan fingerprint density at radius 3 is 2.59 bits per heavy atom. The molecule has 0 saturated carbocycles. The Labute approximate surface area is 99.1 Å². The molecular formula is C13H13FN2O. The normalized spacial score (nSPS) is 12.2. The highest BCUT2D eigenvalue weighted by Gasteiger charge is 2.16. The van der Waals surface area contributed by atoms with Crippen LogP contribution < -0.4 is 10.5 Å². The largest absolute Gasteiger partial charge is 0.494 e. The molecule has 0 aliphatic carbocycles. The summed E-state index contributed by atoms with van der Waals surface area (Å²) in [5, 5.41) is 0. The summed E-state index contributed by atoms with van der Waals surface area (Å²) in [4.78, 5) is 3.90. The maximum absolute atomic E-state index is 14.0. The Kier molecular flexibility index (Phi) is 3.35. The van der Waals surface area contributed by atoms with Crippen LogP contribution in [0.1, 0.15) is 17.2 Å². The van der Waals surface area contributed by atoms with E-state index in [1.165, 1.54) is 7.11 Å². The Hall–Kier alpha value is -1.94. The number of nitrogens with zero attached hydrogens (tertiary/aromatic N) is 1. The number of halogens is 1. The number of rotatable bonds is 3. The van der Waals surface area contributed by atoms with Crippen molar-refractivity contribution in [3.8, 4) is 5.75 Å². The number of nitrogens with two attached hydrogens (primary N) is 1. The van der Waals surface area contributed by atoms with E-state index in [-0.39, 0.29) is 5.75 Å². The summed E-state index contributed by atoms with van der Waals surface area (Å²) in [5.74, 6) is -0.216. The molecule has 0 aliphatic heterocycles. The van der Waals surface area contributed by atoms with E-state index in [1.54, 1.807) is 42.7 Å². The summed E-state index contributed by atoms with van der Waals surface area (Å²) in [6.07, 6.45) is 3.26. The van der Waals surface area contributed by atoms with Gasteiger partial charge in [0.25, 0.3) is 0 Å². The maximum atomic E-state index is 14.0. The fourth-order valence-electron chi connectivity index (χ4n) is 1.68. The van der Waals surface area contributed by atoms with Crippen molar-refractivity contribution in [3.05, 3.63) is 59.7 Å². The van der Waals surface area contributed by atoms with Crippen LogP contribution in [0.4, 0.5) is 4.39 Å². The number of aromatic nitrogens is 1. The van der Waals surface area contributed by atoms with Gasteiger partial charge in [-0.15, -0.1) is 0 Å². The molecule has 0 bridgehead atoms. The monoisotopic (exact) mass is 232 g/mol. The molecule has 0 amide bonds. The van der Waals surface area contributed by atoms with E-state index in [0.29, 0.717) is 5.56 Å². The molecule has 3 nitrogen and oxygen atoms in total. The fourth-order valence-corrected chi connectivity index (χ4v) is 1.68. The molecular weight excluding hydrogens is 219 g/mol. The fraction of sp³-hybridized carbons (Fsp3) is 0.154. The average Bonchev–Trinajstić information content (AvgIpc) is 2.39. The van der Waals surface area contributed by atoms with E-state index in [1.807, 2.05) is 0 Å². The van der Waals surface area contributed by atoms with Gasteiger partial charge < -0.3 is 10.5 Å². The zero-order valence-electron chi connectivity index (χ0n) is 9.43. The number of benzene rings is 1. The van der Waals surface area contributed by atoms with Crippen molar-refractivity contribution in [2.45, 2.75) is 6.04 Å². The van der Waals surface area contributed by atoms with E-state index in [2.05, 4.69) is 4.98 Å². The number of hydrogen-bond acceptors (Lipinski definition) is 3. The van der Waals surface area contributed by atoms with Crippen LogP contribution in [0.5, 0.6) is 5.75 Å². The van der Waals surface area contributed by atoms with E-state index >= 15 is 0 Å². The summed E-state index contributed by atoms with van der Waals surface area (Å²) in [7, 11) is 1.43. The molecule has 1 heterocycles. The van der Waals surface area contributed by atoms with E-state index in [0.717, 1.165) is 5.56 Å². The van der Waals surface area contributed by atoms with Gasteiger partial charge in [-0.2, -0.15) is 0 Å². The van der Waals surface area contributed by atoms with Gasteiger partial charge in [-0.3, -0.25) is 4.98 Å². The zero-order valence-corrected chi connectivity index (χ0v) is 9.43. The lowest BCUT2D eigenvalue weighted by atomic mass is 10.00. The summed E-state index contributed by atoms with van der Waals surface area (Å²) >= 11 is 0. The molecule has 0 radical (unpaired) electrons. The van der Waals surface area contributed by atoms with Crippen LogP contribution in [0.25, 0.3) is 0 Å². The van der Waals surface area contributed by atoms with Crippen molar-refractivity contribution >= 4 is 0 Å². The molecule has 1 atom stereocenters. The summed E-state index contributed by atoms with van der Waals surface area (Å²) in [6, 6.07) is 7.96. The van der Waals surface area contributed by atoms with Crippen LogP contribution in [-0.2, 0) is 0 Å². The third kappa shape index (κ3) is 2.26. The minimum atomic E-state index is -0.520. The van der Waals surface area contributed by atoms with Gasteiger partial charge >= 0.3 is 0 Å². The first-order chi connectivity index (χ1) is 8.24. The standard InChI is InChI=1S/C13H13FN2O/c1-17-11-4-2-3-10(12(11)14)13(15)9-5-7-16-8-6-9/h2-8,13H,15H2,1H3. The first-order valence-electron chi connectivity index (χ1n) is 5.22. The second-order valence-corrected chi connectivity index (χ2v) is 3.62. The van der Waals surface area contributed by atoms with Crippen molar-refractivity contribution < 1.29 is 9.13 Å². The number of ether oxygens (including phenoxy) is 1. The zero-order chi connectivity index (χ0) is 12.3. The van der Waals surface area contributed by atoms with E-state index in [9.17, 15) is 4.39 Å². The molecule has 1 aromatic carbocycles. The summed E-state index contributed by atoms with van der Waals surface area (Å²) < 4.78 is 18.9. The summed E-state index contributed by atoms with van der Waals surface area (Å²) in [5.41, 5.74) is 7.24. The van der Waals surface area contributed by atoms with Gasteiger partial charge in [-0.05, 0) is 23.8 Å². The molecule has 4 heteroatoms. The molecule has 0 spiro atoms. The van der Waals surface area contributed by atoms with Crippen LogP contribution in [0, 0.1) is 5.82 Å². The van der Waals surface area contributed by atoms with E-state index in [4.69, 9.17) is 10.5 Å². The molecule has 17 heavy (non-hydrogen) atoms. The second-order valence-electron chi connectivity index (χ2n) is 3.62. The second kappa shape index (κ2) is 4.93. The molecule has 2 aromatic rings. The van der Waals surface area contributed by atoms with Crippen LogP contribution >= 0.6 is 0 Å². The van der Waals surface area contributed by atoms with Crippen molar-refractivity contribution in [2.75, 3.05) is 7.11 Å². The number of hydrogen-bond donors (Lipinski definition) is 1. The minimum Gasteiger partial charge on any atom is -0.494 e. The maximum Gasteiger partial charge on any atom is 0.170 e. The third-order valence-corrected chi connectivity index (χ3v) is 2.61. The number of methoxy groups -OCH3 is 1. The van der Waals surface area contributed by atoms with Gasteiger partial charge in [-0.25, -0.2) is 4.39 Å². The average molecular weight is 232 g/mol. The topological polar surface area (TPSA) is 48.1 Å². The molecule has 1 aromatic heterocycles. The lowest BCUT2D eigenvalue weighted by molar-refractivity contribution is 0.383. The molecule has 88 valence electrons.